The Morgan fingerprint density at radius 2 is 1.89 bits per heavy atom. The van der Waals surface area contributed by atoms with Gasteiger partial charge >= 0.3 is 0 Å². The van der Waals surface area contributed by atoms with Gasteiger partial charge in [0.1, 0.15) is 0 Å². The summed E-state index contributed by atoms with van der Waals surface area (Å²) in [5.41, 5.74) is 0. The number of nitrogens with one attached hydrogen (secondary N) is 1. The quantitative estimate of drug-likeness (QED) is 0.736. The van der Waals surface area contributed by atoms with Crippen molar-refractivity contribution in [1.82, 2.24) is 15.0 Å². The van der Waals surface area contributed by atoms with Crippen LogP contribution in [0, 0.1) is 0 Å². The van der Waals surface area contributed by atoms with Crippen LogP contribution in [-0.2, 0) is 0 Å². The van der Waals surface area contributed by atoms with Gasteiger partial charge in [0.25, 0.3) is 0 Å². The zero-order valence-corrected chi connectivity index (χ0v) is 11.7. The van der Waals surface area contributed by atoms with Crippen molar-refractivity contribution in [1.29, 1.82) is 0 Å². The van der Waals surface area contributed by atoms with Gasteiger partial charge in [0.2, 0.25) is 17.2 Å². The summed E-state index contributed by atoms with van der Waals surface area (Å²) in [6.07, 6.45) is 3.82. The van der Waals surface area contributed by atoms with Crippen LogP contribution in [0.3, 0.4) is 0 Å². The van der Waals surface area contributed by atoms with E-state index in [1.54, 1.807) is 6.08 Å². The predicted molar refractivity (Wildman–Crippen MR) is 76.3 cm³/mol. The molecule has 0 fully saturated rings. The summed E-state index contributed by atoms with van der Waals surface area (Å²) in [6.45, 7) is 10.3. The minimum absolute atomic E-state index is 0.212. The second-order valence-electron chi connectivity index (χ2n) is 3.88. The first-order chi connectivity index (χ1) is 8.71. The summed E-state index contributed by atoms with van der Waals surface area (Å²) in [4.78, 5) is 14.7. The Morgan fingerprint density at radius 1 is 1.22 bits per heavy atom. The Morgan fingerprint density at radius 3 is 2.44 bits per heavy atom. The van der Waals surface area contributed by atoms with E-state index in [0.29, 0.717) is 18.4 Å². The molecule has 0 spiro atoms. The molecule has 0 aliphatic carbocycles. The maximum absolute atomic E-state index is 5.92. The molecule has 0 aromatic carbocycles. The molecule has 0 radical (unpaired) electrons. The zero-order valence-electron chi connectivity index (χ0n) is 11.0. The number of nitrogens with zero attached hydrogens (tertiary/aromatic N) is 4. The highest BCUT2D eigenvalue weighted by molar-refractivity contribution is 6.28. The number of rotatable bonds is 8. The molecule has 18 heavy (non-hydrogen) atoms. The first-order valence-corrected chi connectivity index (χ1v) is 6.60. The van der Waals surface area contributed by atoms with E-state index < -0.39 is 0 Å². The third-order valence-corrected chi connectivity index (χ3v) is 2.44. The Labute approximate surface area is 113 Å². The van der Waals surface area contributed by atoms with E-state index >= 15 is 0 Å². The van der Waals surface area contributed by atoms with Crippen LogP contribution in [0.5, 0.6) is 0 Å². The molecular weight excluding hydrogens is 250 g/mol. The monoisotopic (exact) mass is 269 g/mol. The first kappa shape index (κ1) is 14.7. The zero-order chi connectivity index (χ0) is 13.4. The molecule has 0 unspecified atom stereocenters. The summed E-state index contributed by atoms with van der Waals surface area (Å²) >= 11 is 5.92. The molecule has 1 N–H and O–H groups in total. The normalized spacial score (nSPS) is 10.2. The topological polar surface area (TPSA) is 53.9 Å². The van der Waals surface area contributed by atoms with E-state index in [9.17, 15) is 0 Å². The molecule has 1 rings (SSSR count). The van der Waals surface area contributed by atoms with Crippen molar-refractivity contribution >= 4 is 23.5 Å². The first-order valence-electron chi connectivity index (χ1n) is 6.22. The average Bonchev–Trinajstić information content (AvgIpc) is 2.35. The maximum atomic E-state index is 5.92. The minimum Gasteiger partial charge on any atom is -0.351 e. The summed E-state index contributed by atoms with van der Waals surface area (Å²) in [7, 11) is 0. The average molecular weight is 270 g/mol. The predicted octanol–water partition coefficient (Wildman–Crippen LogP) is 2.75. The lowest BCUT2D eigenvalue weighted by Crippen LogP contribution is -2.27. The molecule has 1 heterocycles. The van der Waals surface area contributed by atoms with Crippen LogP contribution >= 0.6 is 11.6 Å². The standard InChI is InChI=1S/C12H20ClN5/c1-4-7-14-11-15-10(13)16-12(17-11)18(8-5-2)9-6-3/h4H,1,5-9H2,2-3H3,(H,14,15,16,17). The highest BCUT2D eigenvalue weighted by Gasteiger charge is 2.11. The van der Waals surface area contributed by atoms with Crippen LogP contribution in [0.15, 0.2) is 12.7 Å². The van der Waals surface area contributed by atoms with Crippen LogP contribution in [0.2, 0.25) is 5.28 Å². The van der Waals surface area contributed by atoms with Crippen LogP contribution in [0.4, 0.5) is 11.9 Å². The van der Waals surface area contributed by atoms with Crippen molar-refractivity contribution in [3.05, 3.63) is 17.9 Å². The second kappa shape index (κ2) is 7.87. The van der Waals surface area contributed by atoms with Gasteiger partial charge in [-0.25, -0.2) is 0 Å². The van der Waals surface area contributed by atoms with Crippen molar-refractivity contribution in [2.24, 2.45) is 0 Å². The van der Waals surface area contributed by atoms with Gasteiger partial charge in [-0.2, -0.15) is 15.0 Å². The number of hydrogen-bond donors (Lipinski definition) is 1. The largest absolute Gasteiger partial charge is 0.351 e. The molecule has 0 aliphatic heterocycles. The van der Waals surface area contributed by atoms with Crippen molar-refractivity contribution < 1.29 is 0 Å². The minimum atomic E-state index is 0.212. The van der Waals surface area contributed by atoms with Gasteiger partial charge in [0, 0.05) is 19.6 Å². The van der Waals surface area contributed by atoms with Gasteiger partial charge in [-0.1, -0.05) is 19.9 Å². The van der Waals surface area contributed by atoms with E-state index in [1.165, 1.54) is 0 Å². The van der Waals surface area contributed by atoms with E-state index in [0.717, 1.165) is 25.9 Å². The Balaban J connectivity index is 2.90. The molecule has 0 saturated carbocycles. The Hall–Kier alpha value is -1.36. The van der Waals surface area contributed by atoms with Crippen LogP contribution in [0.1, 0.15) is 26.7 Å². The number of halogens is 1. The summed E-state index contributed by atoms with van der Waals surface area (Å²) < 4.78 is 0. The van der Waals surface area contributed by atoms with Gasteiger partial charge in [-0.3, -0.25) is 0 Å². The SMILES string of the molecule is C=CCNc1nc(Cl)nc(N(CCC)CCC)n1. The van der Waals surface area contributed by atoms with Crippen molar-refractivity contribution in [3.8, 4) is 0 Å². The lowest BCUT2D eigenvalue weighted by atomic mass is 10.4. The van der Waals surface area contributed by atoms with Gasteiger partial charge in [0.05, 0.1) is 0 Å². The smallest absolute Gasteiger partial charge is 0.231 e. The molecule has 0 atom stereocenters. The molecule has 0 aliphatic rings. The molecule has 1 aromatic rings. The fourth-order valence-corrected chi connectivity index (χ4v) is 1.73. The van der Waals surface area contributed by atoms with E-state index in [1.807, 2.05) is 0 Å². The summed E-state index contributed by atoms with van der Waals surface area (Å²) in [6, 6.07) is 0. The number of hydrogen-bond acceptors (Lipinski definition) is 5. The third kappa shape index (κ3) is 4.49. The third-order valence-electron chi connectivity index (χ3n) is 2.27. The van der Waals surface area contributed by atoms with Crippen LogP contribution < -0.4 is 10.2 Å². The molecule has 5 nitrogen and oxygen atoms in total. The fourth-order valence-electron chi connectivity index (χ4n) is 1.58. The highest BCUT2D eigenvalue weighted by Crippen LogP contribution is 2.14. The van der Waals surface area contributed by atoms with Crippen molar-refractivity contribution in [3.63, 3.8) is 0 Å². The van der Waals surface area contributed by atoms with Gasteiger partial charge in [-0.05, 0) is 24.4 Å². The lowest BCUT2D eigenvalue weighted by molar-refractivity contribution is 0.718. The summed E-state index contributed by atoms with van der Waals surface area (Å²) in [5.74, 6) is 1.12. The number of aromatic nitrogens is 3. The van der Waals surface area contributed by atoms with E-state index in [4.69, 9.17) is 11.6 Å². The Kier molecular flexibility index (Phi) is 6.43. The molecule has 0 amide bonds. The number of anilines is 2. The van der Waals surface area contributed by atoms with Crippen molar-refractivity contribution in [2.45, 2.75) is 26.7 Å². The summed E-state index contributed by atoms with van der Waals surface area (Å²) in [5, 5.41) is 3.24. The molecule has 100 valence electrons. The maximum Gasteiger partial charge on any atom is 0.231 e. The fraction of sp³-hybridized carbons (Fsp3) is 0.583. The molecule has 6 heteroatoms. The van der Waals surface area contributed by atoms with Crippen LogP contribution in [0.25, 0.3) is 0 Å². The second-order valence-corrected chi connectivity index (χ2v) is 4.22. The van der Waals surface area contributed by atoms with Gasteiger partial charge < -0.3 is 10.2 Å². The van der Waals surface area contributed by atoms with Crippen molar-refractivity contribution in [2.75, 3.05) is 29.9 Å². The van der Waals surface area contributed by atoms with E-state index in [-0.39, 0.29) is 5.28 Å². The highest BCUT2D eigenvalue weighted by atomic mass is 35.5. The van der Waals surface area contributed by atoms with E-state index in [2.05, 4.69) is 45.6 Å². The Bertz CT molecular complexity index is 377. The van der Waals surface area contributed by atoms with Crippen LogP contribution in [-0.4, -0.2) is 34.6 Å². The lowest BCUT2D eigenvalue weighted by Gasteiger charge is -2.21. The molecule has 1 aromatic heterocycles. The molecule has 0 saturated heterocycles. The van der Waals surface area contributed by atoms with Gasteiger partial charge in [0.15, 0.2) is 0 Å². The molecule has 0 bridgehead atoms. The molecular formula is C12H20ClN5. The van der Waals surface area contributed by atoms with Gasteiger partial charge in [-0.15, -0.1) is 6.58 Å².